The van der Waals surface area contributed by atoms with Crippen LogP contribution >= 0.6 is 0 Å². The third-order valence-corrected chi connectivity index (χ3v) is 3.71. The minimum atomic E-state index is -5.22. The number of carbonyl (C=O) groups excluding carboxylic acids is 1. The highest BCUT2D eigenvalue weighted by molar-refractivity contribution is 5.80. The van der Waals surface area contributed by atoms with Gasteiger partial charge >= 0.3 is 12.1 Å². The van der Waals surface area contributed by atoms with E-state index in [1.807, 2.05) is 0 Å². The summed E-state index contributed by atoms with van der Waals surface area (Å²) < 4.78 is 62.6. The average Bonchev–Trinajstić information content (AvgIpc) is 2.46. The maximum atomic E-state index is 13.5. The van der Waals surface area contributed by atoms with E-state index in [4.69, 9.17) is 4.74 Å². The summed E-state index contributed by atoms with van der Waals surface area (Å²) in [5.41, 5.74) is -4.72. The van der Waals surface area contributed by atoms with Gasteiger partial charge in [0.25, 0.3) is 5.60 Å². The number of benzene rings is 1. The molecule has 0 bridgehead atoms. The van der Waals surface area contributed by atoms with E-state index in [-0.39, 0.29) is 17.9 Å². The van der Waals surface area contributed by atoms with Crippen LogP contribution < -0.4 is 4.74 Å². The van der Waals surface area contributed by atoms with Crippen molar-refractivity contribution in [3.63, 3.8) is 0 Å². The van der Waals surface area contributed by atoms with Crippen molar-refractivity contribution in [1.29, 1.82) is 0 Å². The largest absolute Gasteiger partial charge is 0.494 e. The number of carbonyl (C=O) groups is 1. The zero-order chi connectivity index (χ0) is 18.8. The van der Waals surface area contributed by atoms with Gasteiger partial charge in [-0.2, -0.15) is 13.2 Å². The second-order valence-electron chi connectivity index (χ2n) is 5.99. The van der Waals surface area contributed by atoms with Gasteiger partial charge in [-0.25, -0.2) is 9.18 Å². The first-order valence-electron chi connectivity index (χ1n) is 7.19. The Kier molecular flexibility index (Phi) is 5.86. The number of methoxy groups -OCH3 is 1. The second kappa shape index (κ2) is 6.96. The van der Waals surface area contributed by atoms with Gasteiger partial charge in [0, 0.05) is 6.42 Å². The van der Waals surface area contributed by atoms with Crippen LogP contribution in [0.5, 0.6) is 5.75 Å². The van der Waals surface area contributed by atoms with Gasteiger partial charge in [-0.15, -0.1) is 0 Å². The van der Waals surface area contributed by atoms with Gasteiger partial charge in [0.1, 0.15) is 0 Å². The monoisotopic (exact) mass is 352 g/mol. The van der Waals surface area contributed by atoms with Gasteiger partial charge < -0.3 is 14.6 Å². The molecule has 1 rings (SSSR count). The van der Waals surface area contributed by atoms with E-state index in [2.05, 4.69) is 4.74 Å². The fraction of sp³-hybridized carbons (Fsp3) is 0.562. The van der Waals surface area contributed by atoms with Crippen LogP contribution in [0, 0.1) is 5.82 Å². The van der Waals surface area contributed by atoms with Crippen LogP contribution in [0.2, 0.25) is 0 Å². The van der Waals surface area contributed by atoms with Crippen molar-refractivity contribution in [3.05, 3.63) is 29.6 Å². The summed E-state index contributed by atoms with van der Waals surface area (Å²) in [6.07, 6.45) is -6.21. The van der Waals surface area contributed by atoms with Gasteiger partial charge in [0.15, 0.2) is 11.6 Å². The van der Waals surface area contributed by atoms with E-state index >= 15 is 0 Å². The third-order valence-electron chi connectivity index (χ3n) is 3.71. The fourth-order valence-electron chi connectivity index (χ4n) is 2.36. The van der Waals surface area contributed by atoms with Crippen LogP contribution in [0.4, 0.5) is 17.6 Å². The van der Waals surface area contributed by atoms with Gasteiger partial charge in [0.2, 0.25) is 0 Å². The first-order valence-corrected chi connectivity index (χ1v) is 7.19. The van der Waals surface area contributed by atoms with E-state index in [1.54, 1.807) is 0 Å². The molecule has 8 heteroatoms. The second-order valence-corrected chi connectivity index (χ2v) is 5.99. The molecule has 0 aliphatic carbocycles. The molecule has 0 aliphatic rings. The molecule has 1 aromatic carbocycles. The number of halogens is 4. The van der Waals surface area contributed by atoms with Gasteiger partial charge in [-0.3, -0.25) is 0 Å². The molecule has 24 heavy (non-hydrogen) atoms. The van der Waals surface area contributed by atoms with Crippen LogP contribution in [0.3, 0.4) is 0 Å². The smallest absolute Gasteiger partial charge is 0.428 e. The molecular formula is C16H20F4O4. The van der Waals surface area contributed by atoms with E-state index in [9.17, 15) is 27.5 Å². The molecule has 0 fully saturated rings. The molecule has 0 aliphatic heterocycles. The molecule has 0 aromatic heterocycles. The summed E-state index contributed by atoms with van der Waals surface area (Å²) in [7, 11) is 1.22. The molecule has 0 saturated heterocycles. The predicted octanol–water partition coefficient (Wildman–Crippen LogP) is 3.36. The summed E-state index contributed by atoms with van der Waals surface area (Å²) >= 11 is 0. The van der Waals surface area contributed by atoms with Gasteiger partial charge in [-0.05, 0) is 30.0 Å². The first kappa shape index (κ1) is 20.2. The highest BCUT2D eigenvalue weighted by atomic mass is 19.4. The Morgan fingerprint density at radius 2 is 1.83 bits per heavy atom. The lowest BCUT2D eigenvalue weighted by Gasteiger charge is -2.36. The topological polar surface area (TPSA) is 55.8 Å². The number of alkyl halides is 3. The summed E-state index contributed by atoms with van der Waals surface area (Å²) in [6, 6.07) is 3.56. The SMILES string of the molecule is CCOC(=O)C(O)(CC(C)(C)c1ccc(F)c(OC)c1)C(F)(F)F. The quantitative estimate of drug-likeness (QED) is 0.630. The number of ether oxygens (including phenoxy) is 2. The van der Waals surface area contributed by atoms with Crippen LogP contribution in [0.15, 0.2) is 18.2 Å². The van der Waals surface area contributed by atoms with E-state index in [0.717, 1.165) is 6.07 Å². The molecule has 1 N–H and O–H groups in total. The predicted molar refractivity (Wildman–Crippen MR) is 78.2 cm³/mol. The molecule has 0 saturated carbocycles. The fourth-order valence-corrected chi connectivity index (χ4v) is 2.36. The minimum absolute atomic E-state index is 0.146. The van der Waals surface area contributed by atoms with E-state index in [0.29, 0.717) is 0 Å². The van der Waals surface area contributed by atoms with Crippen molar-refractivity contribution >= 4 is 5.97 Å². The minimum Gasteiger partial charge on any atom is -0.494 e. The highest BCUT2D eigenvalue weighted by Crippen LogP contribution is 2.42. The standard InChI is InChI=1S/C16H20F4O4/c1-5-24-13(21)15(22,16(18,19)20)9-14(2,3)10-6-7-11(17)12(8-10)23-4/h6-8,22H,5,9H2,1-4H3. The van der Waals surface area contributed by atoms with Crippen molar-refractivity contribution in [3.8, 4) is 5.75 Å². The Hall–Kier alpha value is -1.83. The first-order chi connectivity index (χ1) is 10.9. The zero-order valence-corrected chi connectivity index (χ0v) is 13.8. The van der Waals surface area contributed by atoms with Gasteiger partial charge in [0.05, 0.1) is 13.7 Å². The highest BCUT2D eigenvalue weighted by Gasteiger charge is 2.62. The Bertz CT molecular complexity index is 598. The Labute approximate surface area is 137 Å². The Balaban J connectivity index is 3.28. The molecular weight excluding hydrogens is 332 g/mol. The maximum absolute atomic E-state index is 13.5. The molecule has 136 valence electrons. The summed E-state index contributed by atoms with van der Waals surface area (Å²) in [4.78, 5) is 11.7. The normalized spacial score (nSPS) is 14.9. The molecule has 4 nitrogen and oxygen atoms in total. The van der Waals surface area contributed by atoms with Gasteiger partial charge in [-0.1, -0.05) is 19.9 Å². The van der Waals surface area contributed by atoms with Crippen molar-refractivity contribution in [2.45, 2.75) is 44.4 Å². The number of esters is 1. The lowest BCUT2D eigenvalue weighted by Crippen LogP contribution is -2.55. The van der Waals surface area contributed by atoms with E-state index < -0.39 is 35.4 Å². The Morgan fingerprint density at radius 3 is 2.29 bits per heavy atom. The molecule has 1 aromatic rings. The van der Waals surface area contributed by atoms with Crippen molar-refractivity contribution in [1.82, 2.24) is 0 Å². The lowest BCUT2D eigenvalue weighted by atomic mass is 9.74. The third kappa shape index (κ3) is 3.98. The van der Waals surface area contributed by atoms with Crippen LogP contribution in [0.1, 0.15) is 32.8 Å². The van der Waals surface area contributed by atoms with Crippen LogP contribution in [0.25, 0.3) is 0 Å². The van der Waals surface area contributed by atoms with Crippen molar-refractivity contribution in [2.75, 3.05) is 13.7 Å². The number of hydrogen-bond acceptors (Lipinski definition) is 4. The number of aliphatic hydroxyl groups is 1. The maximum Gasteiger partial charge on any atom is 0.428 e. The molecule has 0 radical (unpaired) electrons. The number of hydrogen-bond donors (Lipinski definition) is 1. The molecule has 1 atom stereocenters. The average molecular weight is 352 g/mol. The molecule has 0 spiro atoms. The summed E-state index contributed by atoms with van der Waals surface area (Å²) in [5.74, 6) is -2.58. The molecule has 0 heterocycles. The molecule has 1 unspecified atom stereocenters. The summed E-state index contributed by atoms with van der Waals surface area (Å²) in [5, 5.41) is 10.0. The van der Waals surface area contributed by atoms with Crippen molar-refractivity contribution < 1.29 is 36.9 Å². The molecule has 0 amide bonds. The lowest BCUT2D eigenvalue weighted by molar-refractivity contribution is -0.267. The van der Waals surface area contributed by atoms with Crippen LogP contribution in [-0.2, 0) is 14.9 Å². The Morgan fingerprint density at radius 1 is 1.25 bits per heavy atom. The van der Waals surface area contributed by atoms with E-state index in [1.165, 1.54) is 40.0 Å². The number of rotatable bonds is 6. The zero-order valence-electron chi connectivity index (χ0n) is 13.8. The summed E-state index contributed by atoms with van der Waals surface area (Å²) in [6.45, 7) is 3.83. The van der Waals surface area contributed by atoms with Crippen molar-refractivity contribution in [2.24, 2.45) is 0 Å². The van der Waals surface area contributed by atoms with Crippen LogP contribution in [-0.4, -0.2) is 36.6 Å².